The summed E-state index contributed by atoms with van der Waals surface area (Å²) >= 11 is 4.41. The highest BCUT2D eigenvalue weighted by atomic mass is 127. The monoisotopic (exact) mass is 434 g/mol. The summed E-state index contributed by atoms with van der Waals surface area (Å²) in [5.74, 6) is 0.0866. The molecule has 3 heteroatoms. The lowest BCUT2D eigenvalue weighted by Crippen LogP contribution is -2.03. The van der Waals surface area contributed by atoms with Gasteiger partial charge in [0, 0.05) is 18.3 Å². The van der Waals surface area contributed by atoms with Crippen molar-refractivity contribution >= 4 is 51.0 Å². The number of hydrogen-bond acceptors (Lipinski definition) is 1. The predicted molar refractivity (Wildman–Crippen MR) is 81.8 cm³/mol. The van der Waals surface area contributed by atoms with Crippen molar-refractivity contribution in [3.05, 3.63) is 66.8 Å². The summed E-state index contributed by atoms with van der Waals surface area (Å²) in [6, 6.07) is 15.3. The second-order valence-corrected chi connectivity index (χ2v) is 5.73. The molecule has 0 unspecified atom stereocenters. The second-order valence-electron chi connectivity index (χ2n) is 3.32. The van der Waals surface area contributed by atoms with Gasteiger partial charge in [-0.2, -0.15) is 0 Å². The van der Waals surface area contributed by atoms with Crippen LogP contribution in [0.4, 0.5) is 0 Å². The standard InChI is InChI=1S/C13H8I2O/c14-10-6-7-12(15)11(8-10)13(16)9-4-2-1-3-5-9/h1-8H. The first-order valence-corrected chi connectivity index (χ1v) is 6.89. The highest BCUT2D eigenvalue weighted by Crippen LogP contribution is 2.19. The first kappa shape index (κ1) is 12.0. The van der Waals surface area contributed by atoms with E-state index in [1.165, 1.54) is 0 Å². The lowest BCUT2D eigenvalue weighted by Gasteiger charge is -2.04. The van der Waals surface area contributed by atoms with Crippen LogP contribution in [0.2, 0.25) is 0 Å². The van der Waals surface area contributed by atoms with Crippen LogP contribution >= 0.6 is 45.2 Å². The number of carbonyl (C=O) groups excluding carboxylic acids is 1. The molecule has 0 spiro atoms. The van der Waals surface area contributed by atoms with E-state index in [0.717, 1.165) is 18.3 Å². The van der Waals surface area contributed by atoms with Crippen molar-refractivity contribution in [2.75, 3.05) is 0 Å². The van der Waals surface area contributed by atoms with Gasteiger partial charge in [0.1, 0.15) is 0 Å². The molecule has 0 aliphatic heterocycles. The highest BCUT2D eigenvalue weighted by Gasteiger charge is 2.12. The van der Waals surface area contributed by atoms with Crippen molar-refractivity contribution in [2.24, 2.45) is 0 Å². The van der Waals surface area contributed by atoms with E-state index in [-0.39, 0.29) is 5.78 Å². The number of ketones is 1. The summed E-state index contributed by atoms with van der Waals surface area (Å²) in [5.41, 5.74) is 1.51. The zero-order valence-electron chi connectivity index (χ0n) is 8.28. The molecule has 0 aliphatic rings. The van der Waals surface area contributed by atoms with Crippen molar-refractivity contribution < 1.29 is 4.79 Å². The average Bonchev–Trinajstić information content (AvgIpc) is 2.32. The molecule has 0 saturated carbocycles. The van der Waals surface area contributed by atoms with Gasteiger partial charge in [-0.3, -0.25) is 4.79 Å². The lowest BCUT2D eigenvalue weighted by molar-refractivity contribution is 0.103. The maximum Gasteiger partial charge on any atom is 0.194 e. The SMILES string of the molecule is O=C(c1ccccc1)c1cc(I)ccc1I. The molecule has 2 aromatic rings. The normalized spacial score (nSPS) is 10.1. The van der Waals surface area contributed by atoms with Gasteiger partial charge >= 0.3 is 0 Å². The van der Waals surface area contributed by atoms with E-state index in [1.54, 1.807) is 0 Å². The van der Waals surface area contributed by atoms with Gasteiger partial charge in [-0.25, -0.2) is 0 Å². The van der Waals surface area contributed by atoms with Crippen LogP contribution in [0.25, 0.3) is 0 Å². The van der Waals surface area contributed by atoms with Gasteiger partial charge in [0.05, 0.1) is 0 Å². The third-order valence-corrected chi connectivity index (χ3v) is 3.82. The molecule has 0 N–H and O–H groups in total. The zero-order chi connectivity index (χ0) is 11.5. The molecule has 0 heterocycles. The summed E-state index contributed by atoms with van der Waals surface area (Å²) in [6.07, 6.45) is 0. The van der Waals surface area contributed by atoms with E-state index in [2.05, 4.69) is 45.2 Å². The number of hydrogen-bond donors (Lipinski definition) is 0. The summed E-state index contributed by atoms with van der Waals surface area (Å²) in [6.45, 7) is 0. The van der Waals surface area contributed by atoms with E-state index >= 15 is 0 Å². The Hall–Kier alpha value is -0.430. The molecule has 0 saturated heterocycles. The molecule has 16 heavy (non-hydrogen) atoms. The fourth-order valence-corrected chi connectivity index (χ4v) is 2.49. The van der Waals surface area contributed by atoms with Crippen molar-refractivity contribution in [1.29, 1.82) is 0 Å². The molecule has 0 bridgehead atoms. The van der Waals surface area contributed by atoms with Crippen LogP contribution < -0.4 is 0 Å². The molecule has 0 atom stereocenters. The molecule has 0 radical (unpaired) electrons. The summed E-state index contributed by atoms with van der Waals surface area (Å²) in [4.78, 5) is 12.2. The van der Waals surface area contributed by atoms with Crippen molar-refractivity contribution in [2.45, 2.75) is 0 Å². The van der Waals surface area contributed by atoms with Gasteiger partial charge in [0.25, 0.3) is 0 Å². The van der Waals surface area contributed by atoms with E-state index in [0.29, 0.717) is 0 Å². The van der Waals surface area contributed by atoms with Gasteiger partial charge in [-0.15, -0.1) is 0 Å². The fourth-order valence-electron chi connectivity index (χ4n) is 1.42. The predicted octanol–water partition coefficient (Wildman–Crippen LogP) is 4.13. The minimum absolute atomic E-state index is 0.0866. The van der Waals surface area contributed by atoms with Gasteiger partial charge in [0.2, 0.25) is 0 Å². The van der Waals surface area contributed by atoms with Crippen LogP contribution in [0.3, 0.4) is 0 Å². The molecule has 0 fully saturated rings. The number of halogens is 2. The minimum Gasteiger partial charge on any atom is -0.289 e. The van der Waals surface area contributed by atoms with E-state index < -0.39 is 0 Å². The van der Waals surface area contributed by atoms with E-state index in [4.69, 9.17) is 0 Å². The van der Waals surface area contributed by atoms with Crippen molar-refractivity contribution in [3.63, 3.8) is 0 Å². The average molecular weight is 434 g/mol. The van der Waals surface area contributed by atoms with Gasteiger partial charge in [-0.05, 0) is 63.4 Å². The molecule has 2 aromatic carbocycles. The highest BCUT2D eigenvalue weighted by molar-refractivity contribution is 14.1. The smallest absolute Gasteiger partial charge is 0.194 e. The van der Waals surface area contributed by atoms with Gasteiger partial charge in [-0.1, -0.05) is 30.3 Å². The van der Waals surface area contributed by atoms with Crippen LogP contribution in [0.1, 0.15) is 15.9 Å². The Kier molecular flexibility index (Phi) is 3.96. The molecule has 1 nitrogen and oxygen atoms in total. The molecular weight excluding hydrogens is 426 g/mol. The van der Waals surface area contributed by atoms with E-state index in [1.807, 2.05) is 48.5 Å². The van der Waals surface area contributed by atoms with Gasteiger partial charge < -0.3 is 0 Å². The van der Waals surface area contributed by atoms with Crippen LogP contribution in [-0.4, -0.2) is 5.78 Å². The van der Waals surface area contributed by atoms with Crippen LogP contribution in [0.5, 0.6) is 0 Å². The molecule has 0 aromatic heterocycles. The third kappa shape index (κ3) is 2.63. The quantitative estimate of drug-likeness (QED) is 0.514. The first-order valence-electron chi connectivity index (χ1n) is 4.73. The van der Waals surface area contributed by atoms with E-state index in [9.17, 15) is 4.79 Å². The number of carbonyl (C=O) groups is 1. The molecule has 0 amide bonds. The zero-order valence-corrected chi connectivity index (χ0v) is 12.6. The lowest BCUT2D eigenvalue weighted by atomic mass is 10.0. The first-order chi connectivity index (χ1) is 7.68. The third-order valence-electron chi connectivity index (χ3n) is 2.21. The number of benzene rings is 2. The molecular formula is C13H8I2O. The van der Waals surface area contributed by atoms with Crippen LogP contribution in [-0.2, 0) is 0 Å². The maximum atomic E-state index is 12.2. The molecule has 2 rings (SSSR count). The Morgan fingerprint density at radius 3 is 2.31 bits per heavy atom. The summed E-state index contributed by atoms with van der Waals surface area (Å²) < 4.78 is 2.07. The Balaban J connectivity index is 2.46. The Morgan fingerprint density at radius 2 is 1.62 bits per heavy atom. The van der Waals surface area contributed by atoms with Crippen LogP contribution in [0.15, 0.2) is 48.5 Å². The fraction of sp³-hybridized carbons (Fsp3) is 0. The summed E-state index contributed by atoms with van der Waals surface area (Å²) in [5, 5.41) is 0. The van der Waals surface area contributed by atoms with Crippen molar-refractivity contribution in [3.8, 4) is 0 Å². The maximum absolute atomic E-state index is 12.2. The minimum atomic E-state index is 0.0866. The topological polar surface area (TPSA) is 17.1 Å². The van der Waals surface area contributed by atoms with Crippen molar-refractivity contribution in [1.82, 2.24) is 0 Å². The largest absolute Gasteiger partial charge is 0.289 e. The Morgan fingerprint density at radius 1 is 0.938 bits per heavy atom. The van der Waals surface area contributed by atoms with Crippen LogP contribution in [0, 0.1) is 7.14 Å². The Labute approximate surface area is 122 Å². The number of rotatable bonds is 2. The molecule has 0 aliphatic carbocycles. The summed E-state index contributed by atoms with van der Waals surface area (Å²) in [7, 11) is 0. The second kappa shape index (κ2) is 5.27. The molecule has 80 valence electrons. The Bertz CT molecular complexity index is 521. The van der Waals surface area contributed by atoms with Gasteiger partial charge in [0.15, 0.2) is 5.78 Å².